The highest BCUT2D eigenvalue weighted by molar-refractivity contribution is 5.94. The van der Waals surface area contributed by atoms with Crippen molar-refractivity contribution in [2.75, 3.05) is 7.11 Å². The van der Waals surface area contributed by atoms with Crippen molar-refractivity contribution in [2.24, 2.45) is 5.73 Å². The van der Waals surface area contributed by atoms with E-state index in [1.165, 1.54) is 0 Å². The molecule has 0 aromatic rings. The van der Waals surface area contributed by atoms with Gasteiger partial charge >= 0.3 is 5.70 Å². The standard InChI is InChI=1S/C6H8N2O3/c1-4(6(7)9)5(2)8(10)11-3/h1-2H2,3H3,(H-,7,9)/p+1. The van der Waals surface area contributed by atoms with Gasteiger partial charge in [0.1, 0.15) is 5.57 Å². The molecular formula is C6H9N2O3+. The second-order valence-electron chi connectivity index (χ2n) is 1.73. The Morgan fingerprint density at radius 2 is 2.00 bits per heavy atom. The van der Waals surface area contributed by atoms with Gasteiger partial charge in [0.15, 0.2) is 7.11 Å². The maximum atomic E-state index is 10.6. The lowest BCUT2D eigenvalue weighted by Crippen LogP contribution is -2.19. The van der Waals surface area contributed by atoms with Crippen LogP contribution in [0.3, 0.4) is 0 Å². The average Bonchev–Trinajstić information content (AvgIpc) is 2.00. The first-order chi connectivity index (χ1) is 5.00. The third-order valence-corrected chi connectivity index (χ3v) is 1.03. The molecule has 60 valence electrons. The van der Waals surface area contributed by atoms with Crippen LogP contribution in [0.5, 0.6) is 0 Å². The number of hydrogen-bond donors (Lipinski definition) is 1. The van der Waals surface area contributed by atoms with Gasteiger partial charge in [0.2, 0.25) is 0 Å². The minimum atomic E-state index is -0.798. The van der Waals surface area contributed by atoms with Crippen molar-refractivity contribution in [1.82, 2.24) is 0 Å². The van der Waals surface area contributed by atoms with Gasteiger partial charge in [-0.3, -0.25) is 4.79 Å². The van der Waals surface area contributed by atoms with E-state index in [4.69, 9.17) is 5.73 Å². The molecule has 0 saturated heterocycles. The summed E-state index contributed by atoms with van der Waals surface area (Å²) >= 11 is 0. The predicted molar refractivity (Wildman–Crippen MR) is 38.1 cm³/mol. The monoisotopic (exact) mass is 157 g/mol. The van der Waals surface area contributed by atoms with E-state index in [0.29, 0.717) is 0 Å². The third-order valence-electron chi connectivity index (χ3n) is 1.03. The van der Waals surface area contributed by atoms with E-state index in [0.717, 1.165) is 7.11 Å². The van der Waals surface area contributed by atoms with Crippen molar-refractivity contribution in [3.8, 4) is 0 Å². The molecule has 0 aromatic heterocycles. The van der Waals surface area contributed by atoms with E-state index in [1.54, 1.807) is 0 Å². The lowest BCUT2D eigenvalue weighted by molar-refractivity contribution is -0.758. The topological polar surface area (TPSA) is 72.4 Å². The number of amides is 1. The second-order valence-corrected chi connectivity index (χ2v) is 1.73. The molecule has 1 amide bonds. The van der Waals surface area contributed by atoms with Crippen LogP contribution in [0.25, 0.3) is 0 Å². The van der Waals surface area contributed by atoms with E-state index in [1.807, 2.05) is 0 Å². The highest BCUT2D eigenvalue weighted by atomic mass is 16.8. The van der Waals surface area contributed by atoms with Gasteiger partial charge in [-0.05, 0) is 6.58 Å². The van der Waals surface area contributed by atoms with Crippen molar-refractivity contribution in [3.63, 3.8) is 0 Å². The van der Waals surface area contributed by atoms with Crippen LogP contribution in [0.1, 0.15) is 0 Å². The summed E-state index contributed by atoms with van der Waals surface area (Å²) in [4.78, 5) is 25.2. The number of carbonyl (C=O) groups excluding carboxylic acids is 1. The van der Waals surface area contributed by atoms with Crippen LogP contribution in [-0.4, -0.2) is 17.9 Å². The van der Waals surface area contributed by atoms with Gasteiger partial charge < -0.3 is 5.73 Å². The Morgan fingerprint density at radius 1 is 1.55 bits per heavy atom. The van der Waals surface area contributed by atoms with Gasteiger partial charge in [0.25, 0.3) is 10.8 Å². The molecule has 0 saturated carbocycles. The summed E-state index contributed by atoms with van der Waals surface area (Å²) < 4.78 is 0. The molecule has 0 spiro atoms. The molecule has 0 aliphatic carbocycles. The predicted octanol–water partition coefficient (Wildman–Crippen LogP) is -0.118. The fourth-order valence-electron chi connectivity index (χ4n) is 0.363. The lowest BCUT2D eigenvalue weighted by atomic mass is 10.2. The Kier molecular flexibility index (Phi) is 2.98. The summed E-state index contributed by atoms with van der Waals surface area (Å²) in [5.41, 5.74) is 4.45. The third kappa shape index (κ3) is 2.21. The number of hydrogen-bond acceptors (Lipinski definition) is 3. The molecule has 0 heterocycles. The molecule has 0 fully saturated rings. The Morgan fingerprint density at radius 3 is 2.27 bits per heavy atom. The van der Waals surface area contributed by atoms with Crippen molar-refractivity contribution in [2.45, 2.75) is 0 Å². The van der Waals surface area contributed by atoms with Crippen LogP contribution in [0.2, 0.25) is 0 Å². The Hall–Kier alpha value is -1.65. The summed E-state index contributed by atoms with van der Waals surface area (Å²) in [6.07, 6.45) is 0. The Balaban J connectivity index is 4.39. The number of rotatable bonds is 4. The van der Waals surface area contributed by atoms with E-state index in [9.17, 15) is 9.70 Å². The molecule has 5 nitrogen and oxygen atoms in total. The Labute approximate surface area is 63.7 Å². The molecule has 11 heavy (non-hydrogen) atoms. The van der Waals surface area contributed by atoms with E-state index >= 15 is 0 Å². The molecule has 0 aliphatic rings. The first-order valence-corrected chi connectivity index (χ1v) is 2.70. The summed E-state index contributed by atoms with van der Waals surface area (Å²) in [7, 11) is 1.15. The van der Waals surface area contributed by atoms with Crippen LogP contribution in [0.15, 0.2) is 24.4 Å². The minimum absolute atomic E-state index is 0.0626. The molecule has 5 heteroatoms. The summed E-state index contributed by atoms with van der Waals surface area (Å²) in [5.74, 6) is -0.798. The van der Waals surface area contributed by atoms with Crippen molar-refractivity contribution >= 4 is 5.91 Å². The molecule has 0 radical (unpaired) electrons. The highest BCUT2D eigenvalue weighted by Crippen LogP contribution is 2.04. The lowest BCUT2D eigenvalue weighted by Gasteiger charge is -1.92. The smallest absolute Gasteiger partial charge is 0.321 e. The van der Waals surface area contributed by atoms with Crippen molar-refractivity contribution in [3.05, 3.63) is 29.3 Å². The van der Waals surface area contributed by atoms with Crippen molar-refractivity contribution < 1.29 is 14.6 Å². The fourth-order valence-corrected chi connectivity index (χ4v) is 0.363. The highest BCUT2D eigenvalue weighted by Gasteiger charge is 2.23. The van der Waals surface area contributed by atoms with Crippen molar-refractivity contribution in [1.29, 1.82) is 0 Å². The number of carbonyl (C=O) groups is 1. The Bertz CT molecular complexity index is 232. The molecule has 0 rings (SSSR count). The number of nitrogens with zero attached hydrogens (tertiary/aromatic N) is 1. The SMILES string of the molecule is C=C(C(=C)[N+](=O)OC)C(N)=O. The molecule has 0 aliphatic heterocycles. The van der Waals surface area contributed by atoms with E-state index in [-0.39, 0.29) is 16.2 Å². The van der Waals surface area contributed by atoms with Crippen LogP contribution in [0.4, 0.5) is 0 Å². The van der Waals surface area contributed by atoms with E-state index in [2.05, 4.69) is 18.0 Å². The van der Waals surface area contributed by atoms with E-state index < -0.39 is 5.91 Å². The van der Waals surface area contributed by atoms with Gasteiger partial charge in [0.05, 0.1) is 4.91 Å². The number of primary amides is 1. The quantitative estimate of drug-likeness (QED) is 0.351. The molecule has 0 atom stereocenters. The largest absolute Gasteiger partial charge is 0.365 e. The maximum absolute atomic E-state index is 10.6. The second kappa shape index (κ2) is 3.50. The molecule has 2 N–H and O–H groups in total. The first kappa shape index (κ1) is 9.35. The fraction of sp³-hybridized carbons (Fsp3) is 0.167. The van der Waals surface area contributed by atoms with Crippen LogP contribution >= 0.6 is 0 Å². The minimum Gasteiger partial charge on any atom is -0.365 e. The van der Waals surface area contributed by atoms with Gasteiger partial charge in [-0.1, -0.05) is 6.58 Å². The average molecular weight is 157 g/mol. The molecule has 0 bridgehead atoms. The zero-order chi connectivity index (χ0) is 9.02. The normalized spacial score (nSPS) is 8.45. The summed E-state index contributed by atoms with van der Waals surface area (Å²) in [6.45, 7) is 6.46. The van der Waals surface area contributed by atoms with Gasteiger partial charge in [-0.25, -0.2) is 4.84 Å². The first-order valence-electron chi connectivity index (χ1n) is 2.70. The maximum Gasteiger partial charge on any atom is 0.321 e. The summed E-state index contributed by atoms with van der Waals surface area (Å²) in [6, 6.07) is 0. The zero-order valence-corrected chi connectivity index (χ0v) is 6.16. The summed E-state index contributed by atoms with van der Waals surface area (Å²) in [5, 5.41) is 0. The zero-order valence-electron chi connectivity index (χ0n) is 6.16. The molecule has 0 aromatic carbocycles. The van der Waals surface area contributed by atoms with Gasteiger partial charge in [-0.2, -0.15) is 0 Å². The molecule has 0 unspecified atom stereocenters. The van der Waals surface area contributed by atoms with Gasteiger partial charge in [0, 0.05) is 0 Å². The number of nitrogens with two attached hydrogens (primary N) is 1. The van der Waals surface area contributed by atoms with Crippen LogP contribution in [0, 0.1) is 4.91 Å². The molecular weight excluding hydrogens is 148 g/mol. The van der Waals surface area contributed by atoms with Crippen LogP contribution < -0.4 is 5.73 Å². The van der Waals surface area contributed by atoms with Gasteiger partial charge in [-0.15, -0.1) is 0 Å². The van der Waals surface area contributed by atoms with Crippen LogP contribution in [-0.2, 0) is 9.63 Å².